The summed E-state index contributed by atoms with van der Waals surface area (Å²) in [6.07, 6.45) is 0.821. The largest absolute Gasteiger partial charge is 0.358 e. The summed E-state index contributed by atoms with van der Waals surface area (Å²) in [5, 5.41) is 20.1. The first-order valence-electron chi connectivity index (χ1n) is 11.4. The number of benzene rings is 2. The van der Waals surface area contributed by atoms with Crippen LogP contribution in [0.2, 0.25) is 0 Å². The number of tetrazole rings is 1. The van der Waals surface area contributed by atoms with Crippen LogP contribution in [0.25, 0.3) is 0 Å². The van der Waals surface area contributed by atoms with Gasteiger partial charge in [-0.1, -0.05) is 65.8 Å². The van der Waals surface area contributed by atoms with E-state index >= 15 is 0 Å². The van der Waals surface area contributed by atoms with Crippen molar-refractivity contribution in [1.82, 2.24) is 30.8 Å². The van der Waals surface area contributed by atoms with Crippen molar-refractivity contribution in [1.29, 1.82) is 0 Å². The van der Waals surface area contributed by atoms with Crippen LogP contribution in [0.15, 0.2) is 60.7 Å². The number of halogens is 3. The normalized spacial score (nSPS) is 21.2. The van der Waals surface area contributed by atoms with Crippen LogP contribution in [0.1, 0.15) is 37.4 Å². The van der Waals surface area contributed by atoms with E-state index in [0.29, 0.717) is 6.54 Å². The first kappa shape index (κ1) is 31.1. The number of piperidine rings is 1. The standard InChI is InChI=1S/C24H33N7O.3ClH/c1-4-30(5-2)23-27-28-29-31(23)21-16-22(25-17-19-12-8-6-9-13-19)24(32-3,26-18-21)20-14-10-7-11-15-20;;;/h6-15,21-22,25-26H,4-5,16-18H2,1-3H3;3*1H/t21?,22-,24-;;;/m0.../s1. The van der Waals surface area contributed by atoms with Gasteiger partial charge in [-0.25, -0.2) is 4.68 Å². The second-order valence-electron chi connectivity index (χ2n) is 8.09. The SMILES string of the molecule is CCN(CC)c1nnnn1C1CN[C@](OC)(c2ccccc2)[C@@H](NCc2ccccc2)C1.Cl.Cl.Cl. The summed E-state index contributed by atoms with van der Waals surface area (Å²) in [6, 6.07) is 20.9. The van der Waals surface area contributed by atoms with Gasteiger partial charge in [0.05, 0.1) is 12.1 Å². The maximum absolute atomic E-state index is 6.21. The minimum atomic E-state index is -0.643. The Labute approximate surface area is 226 Å². The average molecular weight is 545 g/mol. The van der Waals surface area contributed by atoms with Crippen molar-refractivity contribution in [2.45, 2.75) is 44.6 Å². The smallest absolute Gasteiger partial charge is 0.245 e. The lowest BCUT2D eigenvalue weighted by molar-refractivity contribution is -0.0988. The van der Waals surface area contributed by atoms with Gasteiger partial charge in [-0.05, 0) is 36.3 Å². The molecule has 8 nitrogen and oxygen atoms in total. The van der Waals surface area contributed by atoms with Crippen LogP contribution in [0.5, 0.6) is 0 Å². The minimum absolute atomic E-state index is 0. The quantitative estimate of drug-likeness (QED) is 0.422. The molecule has 0 spiro atoms. The van der Waals surface area contributed by atoms with E-state index in [9.17, 15) is 0 Å². The zero-order valence-electron chi connectivity index (χ0n) is 20.3. The molecule has 35 heavy (non-hydrogen) atoms. The molecule has 1 unspecified atom stereocenters. The van der Waals surface area contributed by atoms with Gasteiger partial charge >= 0.3 is 0 Å². The van der Waals surface area contributed by atoms with E-state index in [2.05, 4.69) is 93.4 Å². The summed E-state index contributed by atoms with van der Waals surface area (Å²) in [7, 11) is 1.77. The Morgan fingerprint density at radius 3 is 2.26 bits per heavy atom. The number of ether oxygens (including phenoxy) is 1. The van der Waals surface area contributed by atoms with Crippen molar-refractivity contribution in [3.05, 3.63) is 71.8 Å². The summed E-state index contributed by atoms with van der Waals surface area (Å²) in [4.78, 5) is 2.18. The summed E-state index contributed by atoms with van der Waals surface area (Å²) in [5.41, 5.74) is 1.70. The molecule has 0 amide bonds. The molecule has 3 atom stereocenters. The number of hydrogen-bond acceptors (Lipinski definition) is 7. The molecular formula is C24H36Cl3N7O. The molecule has 0 aliphatic carbocycles. The van der Waals surface area contributed by atoms with Crippen LogP contribution >= 0.6 is 37.2 Å². The fraction of sp³-hybridized carbons (Fsp3) is 0.458. The van der Waals surface area contributed by atoms with E-state index in [-0.39, 0.29) is 49.3 Å². The van der Waals surface area contributed by atoms with Gasteiger partial charge in [0.15, 0.2) is 5.72 Å². The van der Waals surface area contributed by atoms with Crippen molar-refractivity contribution in [3.63, 3.8) is 0 Å². The maximum Gasteiger partial charge on any atom is 0.245 e. The number of nitrogens with zero attached hydrogens (tertiary/aromatic N) is 5. The molecule has 1 aromatic heterocycles. The number of aromatic nitrogens is 4. The molecule has 0 saturated carbocycles. The molecule has 1 fully saturated rings. The number of anilines is 1. The van der Waals surface area contributed by atoms with Gasteiger partial charge in [0.2, 0.25) is 5.95 Å². The van der Waals surface area contributed by atoms with Crippen LogP contribution < -0.4 is 15.5 Å². The molecule has 0 bridgehead atoms. The summed E-state index contributed by atoms with van der Waals surface area (Å²) < 4.78 is 8.17. The molecule has 1 saturated heterocycles. The molecule has 1 aliphatic rings. The van der Waals surface area contributed by atoms with Gasteiger partial charge in [-0.15, -0.1) is 37.2 Å². The predicted molar refractivity (Wildman–Crippen MR) is 147 cm³/mol. The second kappa shape index (κ2) is 14.6. The third kappa shape index (κ3) is 6.64. The summed E-state index contributed by atoms with van der Waals surface area (Å²) >= 11 is 0. The molecule has 194 valence electrons. The van der Waals surface area contributed by atoms with Crippen LogP contribution in [-0.2, 0) is 17.0 Å². The number of nitrogens with one attached hydrogen (secondary N) is 2. The average Bonchev–Trinajstić information content (AvgIpc) is 3.34. The molecule has 2 heterocycles. The number of methoxy groups -OCH3 is 1. The van der Waals surface area contributed by atoms with Crippen molar-refractivity contribution < 1.29 is 4.74 Å². The van der Waals surface area contributed by atoms with Crippen LogP contribution in [-0.4, -0.2) is 53.0 Å². The lowest BCUT2D eigenvalue weighted by Crippen LogP contribution is -2.63. The van der Waals surface area contributed by atoms with Gasteiger partial charge in [0, 0.05) is 38.9 Å². The Morgan fingerprint density at radius 2 is 1.66 bits per heavy atom. The fourth-order valence-electron chi connectivity index (χ4n) is 4.63. The van der Waals surface area contributed by atoms with Gasteiger partial charge in [0.1, 0.15) is 0 Å². The van der Waals surface area contributed by atoms with Gasteiger partial charge in [-0.2, -0.15) is 0 Å². The molecule has 2 aromatic carbocycles. The van der Waals surface area contributed by atoms with Crippen molar-refractivity contribution >= 4 is 43.2 Å². The van der Waals surface area contributed by atoms with E-state index in [1.54, 1.807) is 7.11 Å². The minimum Gasteiger partial charge on any atom is -0.358 e. The Hall–Kier alpha value is -1.94. The first-order valence-corrected chi connectivity index (χ1v) is 11.4. The zero-order valence-corrected chi connectivity index (χ0v) is 22.8. The first-order chi connectivity index (χ1) is 15.7. The van der Waals surface area contributed by atoms with E-state index in [1.165, 1.54) is 5.56 Å². The van der Waals surface area contributed by atoms with Gasteiger partial charge in [-0.3, -0.25) is 5.32 Å². The van der Waals surface area contributed by atoms with E-state index in [1.807, 2.05) is 16.8 Å². The maximum atomic E-state index is 6.21. The van der Waals surface area contributed by atoms with Crippen LogP contribution in [0, 0.1) is 0 Å². The fourth-order valence-corrected chi connectivity index (χ4v) is 4.63. The highest BCUT2D eigenvalue weighted by Crippen LogP contribution is 2.36. The Kier molecular flexibility index (Phi) is 13.0. The molecule has 2 N–H and O–H groups in total. The molecule has 11 heteroatoms. The Bertz CT molecular complexity index is 976. The molecule has 1 aliphatic heterocycles. The second-order valence-corrected chi connectivity index (χ2v) is 8.09. The summed E-state index contributed by atoms with van der Waals surface area (Å²) in [6.45, 7) is 7.41. The van der Waals surface area contributed by atoms with Gasteiger partial charge < -0.3 is 15.0 Å². The Morgan fingerprint density at radius 1 is 1.03 bits per heavy atom. The predicted octanol–water partition coefficient (Wildman–Crippen LogP) is 3.98. The number of hydrogen-bond donors (Lipinski definition) is 2. The van der Waals surface area contributed by atoms with E-state index < -0.39 is 5.72 Å². The van der Waals surface area contributed by atoms with E-state index in [0.717, 1.165) is 37.6 Å². The highest BCUT2D eigenvalue weighted by Gasteiger charge is 2.46. The van der Waals surface area contributed by atoms with Crippen LogP contribution in [0.3, 0.4) is 0 Å². The third-order valence-corrected chi connectivity index (χ3v) is 6.39. The molecule has 0 radical (unpaired) electrons. The lowest BCUT2D eigenvalue weighted by Gasteiger charge is -2.47. The monoisotopic (exact) mass is 543 g/mol. The van der Waals surface area contributed by atoms with Crippen molar-refractivity contribution in [3.8, 4) is 0 Å². The zero-order chi connectivity index (χ0) is 22.4. The van der Waals surface area contributed by atoms with Crippen molar-refractivity contribution in [2.75, 3.05) is 31.6 Å². The van der Waals surface area contributed by atoms with Crippen LogP contribution in [0.4, 0.5) is 5.95 Å². The molecule has 3 aromatic rings. The summed E-state index contributed by atoms with van der Waals surface area (Å²) in [5.74, 6) is 0.813. The lowest BCUT2D eigenvalue weighted by atomic mass is 9.85. The molecule has 4 rings (SSSR count). The highest BCUT2D eigenvalue weighted by molar-refractivity contribution is 5.86. The third-order valence-electron chi connectivity index (χ3n) is 6.39. The Balaban J connectivity index is 0.00000204. The van der Waals surface area contributed by atoms with Gasteiger partial charge in [0.25, 0.3) is 0 Å². The highest BCUT2D eigenvalue weighted by atomic mass is 35.5. The van der Waals surface area contributed by atoms with E-state index in [4.69, 9.17) is 4.74 Å². The topological polar surface area (TPSA) is 80.1 Å². The van der Waals surface area contributed by atoms with Crippen molar-refractivity contribution in [2.24, 2.45) is 0 Å². The molecular weight excluding hydrogens is 509 g/mol. The number of rotatable bonds is 9.